The van der Waals surface area contributed by atoms with E-state index in [1.54, 1.807) is 4.72 Å². The van der Waals surface area contributed by atoms with Crippen LogP contribution < -0.4 is 4.72 Å². The van der Waals surface area contributed by atoms with Crippen LogP contribution in [0.3, 0.4) is 0 Å². The summed E-state index contributed by atoms with van der Waals surface area (Å²) in [7, 11) is -2.50. The van der Waals surface area contributed by atoms with Crippen LogP contribution in [0, 0.1) is 17.4 Å². The first-order valence-electron chi connectivity index (χ1n) is 4.50. The van der Waals surface area contributed by atoms with Gasteiger partial charge in [-0.3, -0.25) is 4.79 Å². The average Bonchev–Trinajstić information content (AvgIpc) is 2.65. The van der Waals surface area contributed by atoms with E-state index in [0.29, 0.717) is 19.3 Å². The van der Waals surface area contributed by atoms with Crippen LogP contribution in [0.2, 0.25) is 0 Å². The lowest BCUT2D eigenvalue weighted by Crippen LogP contribution is -2.37. The topological polar surface area (TPSA) is 96.3 Å². The Labute approximate surface area is 88.3 Å². The van der Waals surface area contributed by atoms with Gasteiger partial charge in [-0.05, 0) is 12.8 Å². The van der Waals surface area contributed by atoms with Gasteiger partial charge in [0.05, 0.1) is 18.3 Å². The van der Waals surface area contributed by atoms with Crippen LogP contribution in [0.4, 0.5) is 0 Å². The molecule has 0 radical (unpaired) electrons. The molecule has 0 aromatic rings. The van der Waals surface area contributed by atoms with Crippen LogP contribution in [0.1, 0.15) is 19.3 Å². The van der Waals surface area contributed by atoms with E-state index in [2.05, 4.69) is 4.74 Å². The number of carbonyl (C=O) groups excluding carboxylic acids is 1. The molecule has 1 fully saturated rings. The molecule has 1 aliphatic carbocycles. The Bertz CT molecular complexity index is 384. The van der Waals surface area contributed by atoms with Crippen LogP contribution in [0.5, 0.6) is 0 Å². The maximum atomic E-state index is 11.5. The highest BCUT2D eigenvalue weighted by molar-refractivity contribution is 7.90. The fourth-order valence-corrected chi connectivity index (χ4v) is 3.29. The predicted molar refractivity (Wildman–Crippen MR) is 50.8 cm³/mol. The molecule has 0 spiro atoms. The van der Waals surface area contributed by atoms with Crippen molar-refractivity contribution in [1.29, 1.82) is 5.26 Å². The smallest absolute Gasteiger partial charge is 0.310 e. The van der Waals surface area contributed by atoms with Gasteiger partial charge in [-0.1, -0.05) is 6.42 Å². The van der Waals surface area contributed by atoms with Crippen LogP contribution >= 0.6 is 0 Å². The first-order chi connectivity index (χ1) is 7.03. The molecule has 1 aliphatic rings. The molecule has 0 bridgehead atoms. The van der Waals surface area contributed by atoms with E-state index in [1.165, 1.54) is 13.3 Å². The highest BCUT2D eigenvalue weighted by Crippen LogP contribution is 2.31. The summed E-state index contributed by atoms with van der Waals surface area (Å²) in [5, 5.41) is 7.44. The molecule has 84 valence electrons. The van der Waals surface area contributed by atoms with Gasteiger partial charge in [0.2, 0.25) is 10.0 Å². The first-order valence-corrected chi connectivity index (χ1v) is 6.05. The number of ether oxygens (including phenoxy) is 1. The Morgan fingerprint density at radius 2 is 2.20 bits per heavy atom. The van der Waals surface area contributed by atoms with E-state index < -0.39 is 27.2 Å². The largest absolute Gasteiger partial charge is 0.469 e. The molecule has 0 aromatic carbocycles. The fraction of sp³-hybridized carbons (Fsp3) is 0.750. The van der Waals surface area contributed by atoms with Crippen LogP contribution in [-0.4, -0.2) is 26.7 Å². The standard InChI is InChI=1S/C8H12N2O4S/c1-14-8(11)6-3-2-4-7(6)15(12,13)10-5-9/h6-7,10H,2-4H2,1H3. The predicted octanol–water partition coefficient (Wildman–Crippen LogP) is -0.271. The van der Waals surface area contributed by atoms with Gasteiger partial charge in [0.1, 0.15) is 0 Å². The van der Waals surface area contributed by atoms with Crippen molar-refractivity contribution in [2.45, 2.75) is 24.5 Å². The van der Waals surface area contributed by atoms with E-state index in [9.17, 15) is 13.2 Å². The minimum Gasteiger partial charge on any atom is -0.469 e. The van der Waals surface area contributed by atoms with E-state index in [-0.39, 0.29) is 0 Å². The second kappa shape index (κ2) is 4.49. The molecular weight excluding hydrogens is 220 g/mol. The summed E-state index contributed by atoms with van der Waals surface area (Å²) in [6, 6.07) is 0. The van der Waals surface area contributed by atoms with Crippen molar-refractivity contribution in [2.24, 2.45) is 5.92 Å². The van der Waals surface area contributed by atoms with Gasteiger partial charge in [-0.2, -0.15) is 5.26 Å². The lowest BCUT2D eigenvalue weighted by molar-refractivity contribution is -0.145. The second-order valence-corrected chi connectivity index (χ2v) is 5.26. The highest BCUT2D eigenvalue weighted by atomic mass is 32.2. The Morgan fingerprint density at radius 3 is 2.73 bits per heavy atom. The van der Waals surface area contributed by atoms with Crippen molar-refractivity contribution in [2.75, 3.05) is 7.11 Å². The van der Waals surface area contributed by atoms with Crippen molar-refractivity contribution in [3.63, 3.8) is 0 Å². The molecule has 7 heteroatoms. The maximum Gasteiger partial charge on any atom is 0.310 e. The summed E-state index contributed by atoms with van der Waals surface area (Å²) in [5.74, 6) is -1.18. The van der Waals surface area contributed by atoms with Crippen molar-refractivity contribution in [1.82, 2.24) is 4.72 Å². The minimum atomic E-state index is -3.73. The summed E-state index contributed by atoms with van der Waals surface area (Å²) >= 11 is 0. The number of carbonyl (C=O) groups is 1. The third-order valence-corrected chi connectivity index (χ3v) is 4.28. The van der Waals surface area contributed by atoms with Gasteiger partial charge in [0.15, 0.2) is 6.19 Å². The molecule has 0 heterocycles. The molecule has 0 aromatic heterocycles. The van der Waals surface area contributed by atoms with Crippen molar-refractivity contribution >= 4 is 16.0 Å². The van der Waals surface area contributed by atoms with Gasteiger partial charge < -0.3 is 4.74 Å². The summed E-state index contributed by atoms with van der Waals surface area (Å²) < 4.78 is 29.3. The number of nitriles is 1. The molecule has 1 N–H and O–H groups in total. The third kappa shape index (κ3) is 2.39. The summed E-state index contributed by atoms with van der Waals surface area (Å²) in [5.41, 5.74) is 0. The van der Waals surface area contributed by atoms with Crippen LogP contribution in [0.25, 0.3) is 0 Å². The Hall–Kier alpha value is -1.29. The molecule has 0 saturated heterocycles. The number of hydrogen-bond acceptors (Lipinski definition) is 5. The number of nitrogens with one attached hydrogen (secondary N) is 1. The zero-order valence-corrected chi connectivity index (χ0v) is 9.08. The van der Waals surface area contributed by atoms with E-state index in [4.69, 9.17) is 5.26 Å². The van der Waals surface area contributed by atoms with Crippen LogP contribution in [-0.2, 0) is 19.6 Å². The lowest BCUT2D eigenvalue weighted by atomic mass is 10.1. The zero-order valence-electron chi connectivity index (χ0n) is 8.26. The highest BCUT2D eigenvalue weighted by Gasteiger charge is 2.42. The fourth-order valence-electron chi connectivity index (χ4n) is 1.86. The number of methoxy groups -OCH3 is 1. The van der Waals surface area contributed by atoms with Gasteiger partial charge in [0, 0.05) is 0 Å². The van der Waals surface area contributed by atoms with E-state index in [1.807, 2.05) is 0 Å². The summed E-state index contributed by atoms with van der Waals surface area (Å²) in [4.78, 5) is 11.3. The number of hydrogen-bond donors (Lipinski definition) is 1. The van der Waals surface area contributed by atoms with Gasteiger partial charge in [-0.25, -0.2) is 13.1 Å². The third-order valence-electron chi connectivity index (χ3n) is 2.54. The monoisotopic (exact) mass is 232 g/mol. The van der Waals surface area contributed by atoms with Crippen molar-refractivity contribution < 1.29 is 17.9 Å². The average molecular weight is 232 g/mol. The number of rotatable bonds is 3. The quantitative estimate of drug-likeness (QED) is 0.410. The maximum absolute atomic E-state index is 11.5. The molecule has 2 atom stereocenters. The van der Waals surface area contributed by atoms with E-state index >= 15 is 0 Å². The lowest BCUT2D eigenvalue weighted by Gasteiger charge is -2.16. The normalized spacial score (nSPS) is 25.6. The van der Waals surface area contributed by atoms with E-state index in [0.717, 1.165) is 0 Å². The number of esters is 1. The van der Waals surface area contributed by atoms with Crippen molar-refractivity contribution in [3.05, 3.63) is 0 Å². The number of nitrogens with zero attached hydrogens (tertiary/aromatic N) is 1. The Morgan fingerprint density at radius 1 is 1.53 bits per heavy atom. The molecule has 0 amide bonds. The minimum absolute atomic E-state index is 0.386. The number of sulfonamides is 1. The molecule has 2 unspecified atom stereocenters. The van der Waals surface area contributed by atoms with Gasteiger partial charge >= 0.3 is 5.97 Å². The molecule has 1 rings (SSSR count). The Balaban J connectivity index is 2.87. The Kier molecular flexibility index (Phi) is 3.52. The molecule has 1 saturated carbocycles. The SMILES string of the molecule is COC(=O)C1CCCC1S(=O)(=O)NC#N. The van der Waals surface area contributed by atoms with Crippen molar-refractivity contribution in [3.8, 4) is 6.19 Å². The summed E-state index contributed by atoms with van der Waals surface area (Å²) in [6.45, 7) is 0. The van der Waals surface area contributed by atoms with Gasteiger partial charge in [0.25, 0.3) is 0 Å². The first kappa shape index (κ1) is 11.8. The molecule has 15 heavy (non-hydrogen) atoms. The second-order valence-electron chi connectivity index (χ2n) is 3.36. The van der Waals surface area contributed by atoms with Crippen LogP contribution in [0.15, 0.2) is 0 Å². The summed E-state index contributed by atoms with van der Waals surface area (Å²) in [6.07, 6.45) is 2.90. The molecule has 6 nitrogen and oxygen atoms in total. The van der Waals surface area contributed by atoms with Gasteiger partial charge in [-0.15, -0.1) is 0 Å². The molecular formula is C8H12N2O4S. The zero-order chi connectivity index (χ0) is 11.5. The molecule has 0 aliphatic heterocycles.